The number of benzene rings is 1. The summed E-state index contributed by atoms with van der Waals surface area (Å²) in [5.74, 6) is 1.38. The minimum Gasteiger partial charge on any atom is -0.462 e. The predicted molar refractivity (Wildman–Crippen MR) is 83.0 cm³/mol. The van der Waals surface area contributed by atoms with Crippen LogP contribution in [0.1, 0.15) is 19.4 Å². The Bertz CT molecular complexity index is 547. The van der Waals surface area contributed by atoms with E-state index in [4.69, 9.17) is 14.2 Å². The van der Waals surface area contributed by atoms with E-state index < -0.39 is 0 Å². The first-order valence-electron chi connectivity index (χ1n) is 6.97. The maximum Gasteiger partial charge on any atom is 0.316 e. The first-order chi connectivity index (χ1) is 10.5. The number of thioether (sulfide) groups is 1. The summed E-state index contributed by atoms with van der Waals surface area (Å²) >= 11 is 1.24. The van der Waals surface area contributed by atoms with Crippen molar-refractivity contribution >= 4 is 23.6 Å². The highest BCUT2D eigenvalue weighted by molar-refractivity contribution is 8.00. The number of fused-ring (bicyclic) bond motifs is 1. The molecule has 6 nitrogen and oxygen atoms in total. The molecule has 1 aliphatic heterocycles. The Balaban J connectivity index is 1.66. The molecule has 22 heavy (non-hydrogen) atoms. The standard InChI is InChI=1S/C15H19NO5S/c1-10(2)21-15(18)8-22-7-14(17)16-6-11-3-4-12-13(5-11)20-9-19-12/h3-5,10H,6-9H2,1-2H3,(H,16,17). The van der Waals surface area contributed by atoms with Gasteiger partial charge in [0.2, 0.25) is 12.7 Å². The van der Waals surface area contributed by atoms with Crippen molar-refractivity contribution in [3.05, 3.63) is 23.8 Å². The minimum atomic E-state index is -0.302. The molecule has 7 heteroatoms. The van der Waals surface area contributed by atoms with E-state index in [-0.39, 0.29) is 36.3 Å². The fraction of sp³-hybridized carbons (Fsp3) is 0.467. The first-order valence-corrected chi connectivity index (χ1v) is 8.12. The van der Waals surface area contributed by atoms with Crippen LogP contribution in [0.3, 0.4) is 0 Å². The molecule has 120 valence electrons. The quantitative estimate of drug-likeness (QED) is 0.770. The second kappa shape index (κ2) is 7.93. The number of esters is 1. The summed E-state index contributed by atoms with van der Waals surface area (Å²) in [7, 11) is 0. The number of amides is 1. The molecule has 0 aromatic heterocycles. The SMILES string of the molecule is CC(C)OC(=O)CSCC(=O)NCc1ccc2c(c1)OCO2. The molecule has 0 saturated carbocycles. The summed E-state index contributed by atoms with van der Waals surface area (Å²) in [6, 6.07) is 5.54. The molecule has 1 N–H and O–H groups in total. The Kier molecular flexibility index (Phi) is 5.94. The Morgan fingerprint density at radius 1 is 1.27 bits per heavy atom. The third kappa shape index (κ3) is 5.14. The molecule has 0 saturated heterocycles. The van der Waals surface area contributed by atoms with E-state index >= 15 is 0 Å². The van der Waals surface area contributed by atoms with E-state index in [9.17, 15) is 9.59 Å². The highest BCUT2D eigenvalue weighted by Crippen LogP contribution is 2.32. The molecular formula is C15H19NO5S. The highest BCUT2D eigenvalue weighted by atomic mass is 32.2. The number of carbonyl (C=O) groups excluding carboxylic acids is 2. The van der Waals surface area contributed by atoms with E-state index in [2.05, 4.69) is 5.32 Å². The van der Waals surface area contributed by atoms with Gasteiger partial charge >= 0.3 is 5.97 Å². The van der Waals surface area contributed by atoms with Gasteiger partial charge in [-0.1, -0.05) is 6.07 Å². The Morgan fingerprint density at radius 3 is 2.82 bits per heavy atom. The lowest BCUT2D eigenvalue weighted by atomic mass is 10.2. The van der Waals surface area contributed by atoms with Crippen molar-refractivity contribution in [1.82, 2.24) is 5.32 Å². The number of nitrogens with one attached hydrogen (secondary N) is 1. The van der Waals surface area contributed by atoms with Gasteiger partial charge in [-0.2, -0.15) is 0 Å². The lowest BCUT2D eigenvalue weighted by Crippen LogP contribution is -2.25. The maximum atomic E-state index is 11.7. The number of hydrogen-bond acceptors (Lipinski definition) is 6. The van der Waals surface area contributed by atoms with Crippen LogP contribution < -0.4 is 14.8 Å². The van der Waals surface area contributed by atoms with Gasteiger partial charge in [0.05, 0.1) is 17.6 Å². The Labute approximate surface area is 133 Å². The molecule has 0 fully saturated rings. The van der Waals surface area contributed by atoms with Crippen molar-refractivity contribution in [1.29, 1.82) is 0 Å². The van der Waals surface area contributed by atoms with Gasteiger partial charge in [-0.15, -0.1) is 11.8 Å². The van der Waals surface area contributed by atoms with E-state index in [1.165, 1.54) is 11.8 Å². The van der Waals surface area contributed by atoms with Crippen LogP contribution in [0, 0.1) is 0 Å². The summed E-state index contributed by atoms with van der Waals surface area (Å²) < 4.78 is 15.5. The van der Waals surface area contributed by atoms with Crippen LogP contribution >= 0.6 is 11.8 Å². The van der Waals surface area contributed by atoms with E-state index in [1.54, 1.807) is 13.8 Å². The highest BCUT2D eigenvalue weighted by Gasteiger charge is 2.13. The zero-order valence-electron chi connectivity index (χ0n) is 12.6. The number of hydrogen-bond donors (Lipinski definition) is 1. The molecule has 1 aromatic carbocycles. The van der Waals surface area contributed by atoms with E-state index in [0.717, 1.165) is 5.56 Å². The summed E-state index contributed by atoms with van der Waals surface area (Å²) in [6.07, 6.45) is -0.132. The molecule has 0 aliphatic carbocycles. The second-order valence-electron chi connectivity index (χ2n) is 5.00. The Morgan fingerprint density at radius 2 is 2.05 bits per heavy atom. The summed E-state index contributed by atoms with van der Waals surface area (Å²) in [5.41, 5.74) is 0.932. The van der Waals surface area contributed by atoms with Gasteiger partial charge in [0, 0.05) is 6.54 Å². The van der Waals surface area contributed by atoms with Gasteiger partial charge in [0.1, 0.15) is 0 Å². The van der Waals surface area contributed by atoms with Crippen molar-refractivity contribution in [3.8, 4) is 11.5 Å². The molecule has 1 heterocycles. The van der Waals surface area contributed by atoms with Crippen molar-refractivity contribution in [2.24, 2.45) is 0 Å². The summed E-state index contributed by atoms with van der Waals surface area (Å²) in [5, 5.41) is 2.80. The monoisotopic (exact) mass is 325 g/mol. The van der Waals surface area contributed by atoms with Gasteiger partial charge in [-0.3, -0.25) is 9.59 Å². The lowest BCUT2D eigenvalue weighted by Gasteiger charge is -2.08. The summed E-state index contributed by atoms with van der Waals surface area (Å²) in [6.45, 7) is 4.22. The van der Waals surface area contributed by atoms with Gasteiger partial charge in [-0.05, 0) is 31.5 Å². The smallest absolute Gasteiger partial charge is 0.316 e. The maximum absolute atomic E-state index is 11.7. The molecule has 2 rings (SSSR count). The molecule has 0 atom stereocenters. The van der Waals surface area contributed by atoms with Crippen LogP contribution in [0.15, 0.2) is 18.2 Å². The number of ether oxygens (including phenoxy) is 3. The predicted octanol–water partition coefficient (Wildman–Crippen LogP) is 1.72. The lowest BCUT2D eigenvalue weighted by molar-refractivity contribution is -0.144. The fourth-order valence-electron chi connectivity index (χ4n) is 1.83. The zero-order chi connectivity index (χ0) is 15.9. The van der Waals surface area contributed by atoms with Crippen LogP contribution in [0.5, 0.6) is 11.5 Å². The normalized spacial score (nSPS) is 12.3. The number of rotatable bonds is 7. The van der Waals surface area contributed by atoms with Crippen molar-refractivity contribution in [2.45, 2.75) is 26.5 Å². The molecule has 0 spiro atoms. The molecule has 1 aromatic rings. The topological polar surface area (TPSA) is 73.9 Å². The zero-order valence-corrected chi connectivity index (χ0v) is 13.4. The molecule has 0 bridgehead atoms. The fourth-order valence-corrected chi connectivity index (χ4v) is 2.45. The third-order valence-electron chi connectivity index (χ3n) is 2.75. The number of carbonyl (C=O) groups is 2. The van der Waals surface area contributed by atoms with Crippen LogP contribution in [-0.2, 0) is 20.9 Å². The molecule has 0 radical (unpaired) electrons. The van der Waals surface area contributed by atoms with E-state index in [0.29, 0.717) is 18.0 Å². The van der Waals surface area contributed by atoms with Crippen LogP contribution in [0.2, 0.25) is 0 Å². The average Bonchev–Trinajstić information content (AvgIpc) is 2.91. The van der Waals surface area contributed by atoms with Gasteiger partial charge < -0.3 is 19.5 Å². The van der Waals surface area contributed by atoms with Crippen LogP contribution in [0.25, 0.3) is 0 Å². The van der Waals surface area contributed by atoms with Gasteiger partial charge in [-0.25, -0.2) is 0 Å². The van der Waals surface area contributed by atoms with Crippen LogP contribution in [-0.4, -0.2) is 36.3 Å². The van der Waals surface area contributed by atoms with Crippen molar-refractivity contribution < 1.29 is 23.8 Å². The molecule has 1 aliphatic rings. The second-order valence-corrected chi connectivity index (χ2v) is 5.98. The molecule has 1 amide bonds. The van der Waals surface area contributed by atoms with Gasteiger partial charge in [0.15, 0.2) is 11.5 Å². The summed E-state index contributed by atoms with van der Waals surface area (Å²) in [4.78, 5) is 23.0. The first kappa shape index (κ1) is 16.5. The Hall–Kier alpha value is -1.89. The molecular weight excluding hydrogens is 306 g/mol. The van der Waals surface area contributed by atoms with Gasteiger partial charge in [0.25, 0.3) is 0 Å². The molecule has 0 unspecified atom stereocenters. The van der Waals surface area contributed by atoms with Crippen molar-refractivity contribution in [3.63, 3.8) is 0 Å². The van der Waals surface area contributed by atoms with Crippen molar-refractivity contribution in [2.75, 3.05) is 18.3 Å². The third-order valence-corrected chi connectivity index (χ3v) is 3.65. The minimum absolute atomic E-state index is 0.125. The largest absolute Gasteiger partial charge is 0.462 e. The average molecular weight is 325 g/mol. The van der Waals surface area contributed by atoms with Crippen LogP contribution in [0.4, 0.5) is 0 Å². The van der Waals surface area contributed by atoms with E-state index in [1.807, 2.05) is 18.2 Å².